The highest BCUT2D eigenvalue weighted by atomic mass is 19.1. The summed E-state index contributed by atoms with van der Waals surface area (Å²) >= 11 is 0. The van der Waals surface area contributed by atoms with E-state index in [1.807, 2.05) is 31.2 Å². The van der Waals surface area contributed by atoms with E-state index in [9.17, 15) is 14.3 Å². The zero-order chi connectivity index (χ0) is 21.1. The number of nitrogens with one attached hydrogen (secondary N) is 1. The van der Waals surface area contributed by atoms with E-state index in [4.69, 9.17) is 9.97 Å². The smallest absolute Gasteiger partial charge is 0.251 e. The zero-order valence-electron chi connectivity index (χ0n) is 16.4. The number of hydrogen-bond donors (Lipinski definition) is 2. The van der Waals surface area contributed by atoms with Gasteiger partial charge in [-0.05, 0) is 61.0 Å². The quantitative estimate of drug-likeness (QED) is 0.522. The summed E-state index contributed by atoms with van der Waals surface area (Å²) in [5, 5.41) is 12.3. The minimum atomic E-state index is -0.331. The van der Waals surface area contributed by atoms with E-state index in [-0.39, 0.29) is 18.3 Å². The maximum atomic E-state index is 13.5. The molecule has 3 aromatic carbocycles. The van der Waals surface area contributed by atoms with Gasteiger partial charge in [0, 0.05) is 23.2 Å². The molecule has 1 amide bonds. The highest BCUT2D eigenvalue weighted by molar-refractivity contribution is 5.98. The van der Waals surface area contributed by atoms with Crippen molar-refractivity contribution in [1.82, 2.24) is 15.3 Å². The van der Waals surface area contributed by atoms with E-state index >= 15 is 0 Å². The van der Waals surface area contributed by atoms with Crippen LogP contribution in [-0.4, -0.2) is 27.5 Å². The number of amides is 1. The molecule has 0 aliphatic rings. The molecule has 150 valence electrons. The number of halogens is 1. The van der Waals surface area contributed by atoms with Crippen LogP contribution < -0.4 is 5.32 Å². The van der Waals surface area contributed by atoms with Crippen LogP contribution in [0, 0.1) is 5.82 Å². The molecule has 0 saturated carbocycles. The van der Waals surface area contributed by atoms with Crippen LogP contribution in [0.25, 0.3) is 33.5 Å². The van der Waals surface area contributed by atoms with Crippen molar-refractivity contribution in [2.45, 2.75) is 13.5 Å². The number of fused-ring (bicyclic) bond motifs is 1. The standard InChI is InChI=1S/C24H20FN3O2/c1-2-26-24(30)18-8-11-20-21(13-18)28-23(17-5-3-4-15(12-17)14-29)22(27-20)16-6-9-19(25)10-7-16/h3-13,29H,2,14H2,1H3,(H,26,30). The molecule has 0 aliphatic carbocycles. The molecule has 1 heterocycles. The number of hydrogen-bond acceptors (Lipinski definition) is 4. The summed E-state index contributed by atoms with van der Waals surface area (Å²) < 4.78 is 13.5. The molecule has 0 fully saturated rings. The lowest BCUT2D eigenvalue weighted by Gasteiger charge is -2.12. The lowest BCUT2D eigenvalue weighted by Crippen LogP contribution is -2.22. The number of carbonyl (C=O) groups excluding carboxylic acids is 1. The van der Waals surface area contributed by atoms with Crippen molar-refractivity contribution in [3.63, 3.8) is 0 Å². The van der Waals surface area contributed by atoms with Crippen LogP contribution in [-0.2, 0) is 6.61 Å². The van der Waals surface area contributed by atoms with Crippen molar-refractivity contribution in [1.29, 1.82) is 0 Å². The second-order valence-electron chi connectivity index (χ2n) is 6.85. The normalized spacial score (nSPS) is 10.9. The number of rotatable bonds is 5. The topological polar surface area (TPSA) is 75.1 Å². The molecule has 0 aliphatic heterocycles. The van der Waals surface area contributed by atoms with Gasteiger partial charge < -0.3 is 10.4 Å². The first-order valence-corrected chi connectivity index (χ1v) is 9.65. The molecule has 5 nitrogen and oxygen atoms in total. The van der Waals surface area contributed by atoms with Gasteiger partial charge in [-0.15, -0.1) is 0 Å². The molecule has 0 atom stereocenters. The average Bonchev–Trinajstić information content (AvgIpc) is 2.78. The molecule has 0 unspecified atom stereocenters. The minimum absolute atomic E-state index is 0.0952. The van der Waals surface area contributed by atoms with Crippen LogP contribution in [0.15, 0.2) is 66.7 Å². The highest BCUT2D eigenvalue weighted by Crippen LogP contribution is 2.32. The minimum Gasteiger partial charge on any atom is -0.392 e. The van der Waals surface area contributed by atoms with Gasteiger partial charge in [0.15, 0.2) is 0 Å². The zero-order valence-corrected chi connectivity index (χ0v) is 16.4. The first kappa shape index (κ1) is 19.7. The van der Waals surface area contributed by atoms with E-state index in [2.05, 4.69) is 5.32 Å². The van der Waals surface area contributed by atoms with Crippen molar-refractivity contribution in [3.05, 3.63) is 83.7 Å². The summed E-state index contributed by atoms with van der Waals surface area (Å²) in [5.41, 5.74) is 5.15. The molecular formula is C24H20FN3O2. The van der Waals surface area contributed by atoms with Gasteiger partial charge in [0.2, 0.25) is 0 Å². The SMILES string of the molecule is CCNC(=O)c1ccc2nc(-c3ccc(F)cc3)c(-c3cccc(CO)c3)nc2c1. The van der Waals surface area contributed by atoms with Crippen molar-refractivity contribution in [2.75, 3.05) is 6.54 Å². The summed E-state index contributed by atoms with van der Waals surface area (Å²) in [6.07, 6.45) is 0. The van der Waals surface area contributed by atoms with Gasteiger partial charge in [0.1, 0.15) is 5.82 Å². The van der Waals surface area contributed by atoms with E-state index in [0.29, 0.717) is 34.5 Å². The lowest BCUT2D eigenvalue weighted by molar-refractivity contribution is 0.0956. The number of aliphatic hydroxyl groups is 1. The molecule has 30 heavy (non-hydrogen) atoms. The van der Waals surface area contributed by atoms with Gasteiger partial charge in [-0.2, -0.15) is 0 Å². The number of benzene rings is 3. The Labute approximate surface area is 173 Å². The number of nitrogens with zero attached hydrogens (tertiary/aromatic N) is 2. The molecule has 2 N–H and O–H groups in total. The maximum absolute atomic E-state index is 13.5. The summed E-state index contributed by atoms with van der Waals surface area (Å²) in [6, 6.07) is 18.7. The molecule has 4 aromatic rings. The Morgan fingerprint density at radius 1 is 0.933 bits per heavy atom. The first-order chi connectivity index (χ1) is 14.6. The second kappa shape index (κ2) is 8.39. The average molecular weight is 401 g/mol. The molecule has 0 radical (unpaired) electrons. The Bertz CT molecular complexity index is 1220. The Balaban J connectivity index is 1.94. The van der Waals surface area contributed by atoms with Crippen LogP contribution in [0.3, 0.4) is 0 Å². The third kappa shape index (κ3) is 3.90. The maximum Gasteiger partial charge on any atom is 0.251 e. The first-order valence-electron chi connectivity index (χ1n) is 9.65. The molecule has 0 bridgehead atoms. The van der Waals surface area contributed by atoms with E-state index < -0.39 is 0 Å². The summed E-state index contributed by atoms with van der Waals surface area (Å²) in [5.74, 6) is -0.504. The van der Waals surface area contributed by atoms with E-state index in [1.165, 1.54) is 12.1 Å². The van der Waals surface area contributed by atoms with E-state index in [0.717, 1.165) is 16.7 Å². The number of aliphatic hydroxyl groups excluding tert-OH is 1. The van der Waals surface area contributed by atoms with Crippen molar-refractivity contribution in [3.8, 4) is 22.5 Å². The van der Waals surface area contributed by atoms with Gasteiger partial charge in [-0.3, -0.25) is 4.79 Å². The lowest BCUT2D eigenvalue weighted by atomic mass is 10.0. The Hall–Kier alpha value is -3.64. The fraction of sp³-hybridized carbons (Fsp3) is 0.125. The van der Waals surface area contributed by atoms with Gasteiger partial charge in [-0.25, -0.2) is 14.4 Å². The fourth-order valence-corrected chi connectivity index (χ4v) is 3.29. The number of carbonyl (C=O) groups is 1. The molecule has 4 rings (SSSR count). The van der Waals surface area contributed by atoms with Gasteiger partial charge >= 0.3 is 0 Å². The number of aromatic nitrogens is 2. The third-order valence-corrected chi connectivity index (χ3v) is 4.76. The summed E-state index contributed by atoms with van der Waals surface area (Å²) in [6.45, 7) is 2.30. The van der Waals surface area contributed by atoms with Crippen LogP contribution in [0.1, 0.15) is 22.8 Å². The van der Waals surface area contributed by atoms with Crippen molar-refractivity contribution < 1.29 is 14.3 Å². The van der Waals surface area contributed by atoms with Crippen LogP contribution in [0.5, 0.6) is 0 Å². The predicted molar refractivity (Wildman–Crippen MR) is 114 cm³/mol. The van der Waals surface area contributed by atoms with E-state index in [1.54, 1.807) is 30.3 Å². The van der Waals surface area contributed by atoms with Crippen LogP contribution in [0.2, 0.25) is 0 Å². The monoisotopic (exact) mass is 401 g/mol. The Kier molecular flexibility index (Phi) is 5.50. The Morgan fingerprint density at radius 3 is 2.40 bits per heavy atom. The van der Waals surface area contributed by atoms with Crippen molar-refractivity contribution >= 4 is 16.9 Å². The summed E-state index contributed by atoms with van der Waals surface area (Å²) in [7, 11) is 0. The van der Waals surface area contributed by atoms with Gasteiger partial charge in [0.25, 0.3) is 5.91 Å². The van der Waals surface area contributed by atoms with Crippen LogP contribution >= 0.6 is 0 Å². The summed E-state index contributed by atoms with van der Waals surface area (Å²) in [4.78, 5) is 21.8. The van der Waals surface area contributed by atoms with Gasteiger partial charge in [0.05, 0.1) is 29.0 Å². The third-order valence-electron chi connectivity index (χ3n) is 4.76. The molecule has 0 saturated heterocycles. The van der Waals surface area contributed by atoms with Gasteiger partial charge in [-0.1, -0.05) is 18.2 Å². The molecular weight excluding hydrogens is 381 g/mol. The fourth-order valence-electron chi connectivity index (χ4n) is 3.29. The van der Waals surface area contributed by atoms with Crippen LogP contribution in [0.4, 0.5) is 4.39 Å². The second-order valence-corrected chi connectivity index (χ2v) is 6.85. The molecule has 6 heteroatoms. The highest BCUT2D eigenvalue weighted by Gasteiger charge is 2.15. The molecule has 0 spiro atoms. The van der Waals surface area contributed by atoms with Crippen molar-refractivity contribution in [2.24, 2.45) is 0 Å². The predicted octanol–water partition coefficient (Wildman–Crippen LogP) is 4.34. The Morgan fingerprint density at radius 2 is 1.67 bits per heavy atom. The molecule has 1 aromatic heterocycles. The largest absolute Gasteiger partial charge is 0.392 e.